The van der Waals surface area contributed by atoms with Gasteiger partial charge in [-0.1, -0.05) is 20.8 Å². The van der Waals surface area contributed by atoms with E-state index in [0.29, 0.717) is 0 Å². The van der Waals surface area contributed by atoms with Crippen LogP contribution >= 0.6 is 0 Å². The Morgan fingerprint density at radius 1 is 1.21 bits per heavy atom. The summed E-state index contributed by atoms with van der Waals surface area (Å²) >= 11 is 0. The van der Waals surface area contributed by atoms with E-state index in [1.165, 1.54) is 7.11 Å². The molecule has 0 fully saturated rings. The molecule has 0 saturated heterocycles. The topological polar surface area (TPSA) is 35.5 Å². The van der Waals surface area contributed by atoms with Gasteiger partial charge in [-0.3, -0.25) is 0 Å². The number of carbonyl (C=O) groups is 1. The van der Waals surface area contributed by atoms with Gasteiger partial charge in [-0.15, -0.1) is 0 Å². The molecular formula is C10H22O3Si. The molecule has 0 saturated carbocycles. The van der Waals surface area contributed by atoms with Crippen LogP contribution in [0, 0.1) is 0 Å². The third-order valence-corrected chi connectivity index (χ3v) is 7.61. The third kappa shape index (κ3) is 3.42. The zero-order valence-corrected chi connectivity index (χ0v) is 10.9. The Morgan fingerprint density at radius 3 is 1.93 bits per heavy atom. The van der Waals surface area contributed by atoms with Gasteiger partial charge in [0.2, 0.25) is 0 Å². The first-order valence-electron chi connectivity index (χ1n) is 5.30. The lowest BCUT2D eigenvalue weighted by Crippen LogP contribution is -2.41. The van der Waals surface area contributed by atoms with Crippen LogP contribution in [0.3, 0.4) is 0 Å². The zero-order chi connectivity index (χ0) is 11.2. The van der Waals surface area contributed by atoms with Crippen molar-refractivity contribution in [1.29, 1.82) is 0 Å². The number of hydrogen-bond acceptors (Lipinski definition) is 3. The van der Waals surface area contributed by atoms with Crippen LogP contribution in [0.4, 0.5) is 0 Å². The maximum absolute atomic E-state index is 11.2. The van der Waals surface area contributed by atoms with E-state index in [1.54, 1.807) is 6.92 Å². The highest BCUT2D eigenvalue weighted by Crippen LogP contribution is 2.23. The van der Waals surface area contributed by atoms with Crippen LogP contribution in [0.25, 0.3) is 0 Å². The molecule has 0 unspecified atom stereocenters. The lowest BCUT2D eigenvalue weighted by atomic mass is 10.4. The van der Waals surface area contributed by atoms with Crippen LogP contribution in [0.1, 0.15) is 27.7 Å². The van der Waals surface area contributed by atoms with Crippen molar-refractivity contribution in [3.63, 3.8) is 0 Å². The fourth-order valence-corrected chi connectivity index (χ4v) is 4.44. The van der Waals surface area contributed by atoms with Crippen LogP contribution in [-0.4, -0.2) is 27.5 Å². The molecule has 0 N–H and O–H groups in total. The Labute approximate surface area is 87.9 Å². The summed E-state index contributed by atoms with van der Waals surface area (Å²) in [6.45, 7) is 8.20. The first kappa shape index (κ1) is 13.6. The van der Waals surface area contributed by atoms with Gasteiger partial charge >= 0.3 is 5.97 Å². The van der Waals surface area contributed by atoms with Crippen LogP contribution in [0.2, 0.25) is 18.1 Å². The van der Waals surface area contributed by atoms with Crippen molar-refractivity contribution in [2.45, 2.75) is 51.9 Å². The molecule has 0 aromatic rings. The largest absolute Gasteiger partial charge is 0.467 e. The number of ether oxygens (including phenoxy) is 1. The van der Waals surface area contributed by atoms with E-state index in [1.807, 2.05) is 0 Å². The summed E-state index contributed by atoms with van der Waals surface area (Å²) in [5.41, 5.74) is 0. The molecule has 0 amide bonds. The fourth-order valence-electron chi connectivity index (χ4n) is 1.59. The second-order valence-corrected chi connectivity index (χ2v) is 8.25. The van der Waals surface area contributed by atoms with Crippen molar-refractivity contribution in [3.8, 4) is 0 Å². The molecule has 0 aromatic heterocycles. The van der Waals surface area contributed by atoms with Gasteiger partial charge in [0.25, 0.3) is 0 Å². The van der Waals surface area contributed by atoms with Gasteiger partial charge < -0.3 is 9.16 Å². The van der Waals surface area contributed by atoms with Gasteiger partial charge in [0.1, 0.15) is 6.10 Å². The van der Waals surface area contributed by atoms with Gasteiger partial charge in [0.15, 0.2) is 8.32 Å². The average Bonchev–Trinajstić information content (AvgIpc) is 2.24. The Hall–Kier alpha value is -0.353. The van der Waals surface area contributed by atoms with Crippen molar-refractivity contribution in [1.82, 2.24) is 0 Å². The molecule has 0 spiro atoms. The molecule has 0 heterocycles. The summed E-state index contributed by atoms with van der Waals surface area (Å²) in [4.78, 5) is 11.2. The number of carbonyl (C=O) groups excluding carboxylic acids is 1. The number of hydrogen-bond donors (Lipinski definition) is 0. The maximum atomic E-state index is 11.2. The highest BCUT2D eigenvalue weighted by atomic mass is 28.4. The second-order valence-electron chi connectivity index (χ2n) is 3.53. The summed E-state index contributed by atoms with van der Waals surface area (Å²) in [5, 5.41) is 0. The highest BCUT2D eigenvalue weighted by molar-refractivity contribution is 6.73. The molecule has 0 aliphatic carbocycles. The summed E-state index contributed by atoms with van der Waals surface area (Å²) in [5.74, 6) is -0.266. The molecule has 0 radical (unpaired) electrons. The number of esters is 1. The molecule has 14 heavy (non-hydrogen) atoms. The van der Waals surface area contributed by atoms with Gasteiger partial charge in [-0.25, -0.2) is 4.79 Å². The van der Waals surface area contributed by atoms with E-state index < -0.39 is 14.4 Å². The van der Waals surface area contributed by atoms with Crippen molar-refractivity contribution >= 4 is 14.3 Å². The second kappa shape index (κ2) is 6.19. The molecule has 0 bridgehead atoms. The Kier molecular flexibility index (Phi) is 6.03. The Bertz CT molecular complexity index is 170. The summed E-state index contributed by atoms with van der Waals surface area (Å²) in [7, 11) is -0.262. The molecule has 3 nitrogen and oxygen atoms in total. The lowest BCUT2D eigenvalue weighted by molar-refractivity contribution is -0.148. The van der Waals surface area contributed by atoms with Crippen molar-refractivity contribution in [3.05, 3.63) is 0 Å². The van der Waals surface area contributed by atoms with Gasteiger partial charge in [-0.05, 0) is 25.1 Å². The average molecular weight is 218 g/mol. The van der Waals surface area contributed by atoms with Crippen LogP contribution in [0.5, 0.6) is 0 Å². The molecule has 0 aliphatic heterocycles. The number of rotatable bonds is 6. The normalized spacial score (nSPS) is 13.8. The Morgan fingerprint density at radius 2 is 1.64 bits per heavy atom. The van der Waals surface area contributed by atoms with Gasteiger partial charge in [0.05, 0.1) is 7.11 Å². The summed E-state index contributed by atoms with van der Waals surface area (Å²) < 4.78 is 10.6. The van der Waals surface area contributed by atoms with Gasteiger partial charge in [-0.2, -0.15) is 0 Å². The molecule has 0 rings (SSSR count). The maximum Gasteiger partial charge on any atom is 0.333 e. The number of methoxy groups -OCH3 is 1. The smallest absolute Gasteiger partial charge is 0.333 e. The first-order valence-corrected chi connectivity index (χ1v) is 7.83. The van der Waals surface area contributed by atoms with E-state index in [9.17, 15) is 4.79 Å². The molecule has 0 aliphatic rings. The predicted molar refractivity (Wildman–Crippen MR) is 59.8 cm³/mol. The van der Waals surface area contributed by atoms with Gasteiger partial charge in [0, 0.05) is 0 Å². The van der Waals surface area contributed by atoms with E-state index in [-0.39, 0.29) is 5.97 Å². The molecular weight excluding hydrogens is 196 g/mol. The van der Waals surface area contributed by atoms with Crippen molar-refractivity contribution < 1.29 is 14.0 Å². The molecule has 1 atom stereocenters. The zero-order valence-electron chi connectivity index (χ0n) is 9.92. The van der Waals surface area contributed by atoms with Crippen molar-refractivity contribution in [2.75, 3.05) is 7.11 Å². The first-order chi connectivity index (χ1) is 6.55. The SMILES string of the molecule is CC[Si](CC)(CC)O[C@H](C)C(=O)OC. The molecule has 4 heteroatoms. The van der Waals surface area contributed by atoms with Crippen LogP contribution < -0.4 is 0 Å². The Balaban J connectivity index is 4.36. The summed E-state index contributed by atoms with van der Waals surface area (Å²) in [6, 6.07) is 3.17. The van der Waals surface area contributed by atoms with Crippen molar-refractivity contribution in [2.24, 2.45) is 0 Å². The quantitative estimate of drug-likeness (QED) is 0.508. The minimum absolute atomic E-state index is 0.266. The minimum Gasteiger partial charge on any atom is -0.467 e. The molecule has 0 aromatic carbocycles. The van der Waals surface area contributed by atoms with E-state index >= 15 is 0 Å². The fraction of sp³-hybridized carbons (Fsp3) is 0.900. The highest BCUT2D eigenvalue weighted by Gasteiger charge is 2.32. The predicted octanol–water partition coefficient (Wildman–Crippen LogP) is 2.57. The van der Waals surface area contributed by atoms with E-state index in [4.69, 9.17) is 4.43 Å². The van der Waals surface area contributed by atoms with Crippen LogP contribution in [0.15, 0.2) is 0 Å². The standard InChI is InChI=1S/C10H22O3Si/c1-6-14(7-2,8-3)13-9(4)10(11)12-5/h9H,6-8H2,1-5H3/t9-/m1/s1. The van der Waals surface area contributed by atoms with E-state index in [0.717, 1.165) is 18.1 Å². The lowest BCUT2D eigenvalue weighted by Gasteiger charge is -2.30. The molecule has 84 valence electrons. The monoisotopic (exact) mass is 218 g/mol. The van der Waals surface area contributed by atoms with Crippen LogP contribution in [-0.2, 0) is 14.0 Å². The third-order valence-electron chi connectivity index (χ3n) is 2.89. The summed E-state index contributed by atoms with van der Waals surface area (Å²) in [6.07, 6.45) is -0.411. The minimum atomic E-state index is -1.66. The van der Waals surface area contributed by atoms with E-state index in [2.05, 4.69) is 25.5 Å².